The number of alkyl halides is 13. The third-order valence-corrected chi connectivity index (χ3v) is 4.77. The Kier molecular flexibility index (Phi) is 2.50. The molecule has 0 unspecified atom stereocenters. The summed E-state index contributed by atoms with van der Waals surface area (Å²) >= 11 is 0. The molecule has 4 saturated carbocycles. The van der Waals surface area contributed by atoms with Crippen LogP contribution in [0.15, 0.2) is 0 Å². The lowest BCUT2D eigenvalue weighted by molar-refractivity contribution is -0.545. The van der Waals surface area contributed by atoms with Gasteiger partial charge in [-0.3, -0.25) is 0 Å². The largest absolute Gasteiger partial charge is 0.307 e. The highest BCUT2D eigenvalue weighted by atomic mass is 19.3. The molecule has 4 bridgehead atoms. The van der Waals surface area contributed by atoms with Crippen molar-refractivity contribution in [3.63, 3.8) is 0 Å². The average Bonchev–Trinajstić information content (AvgIpc) is 2.17. The van der Waals surface area contributed by atoms with Crippen LogP contribution >= 0.6 is 0 Å². The lowest BCUT2D eigenvalue weighted by Gasteiger charge is -2.68. The zero-order chi connectivity index (χ0) is 18.2. The SMILES string of the molecule is FC1(F)C2C(F)(F)C3C(F)(F)C1C(F)(F)C(F)(C2(F)F)C3(F)F. The minimum Gasteiger partial charge on any atom is -0.224 e. The maximum atomic E-state index is 14.0. The van der Waals surface area contributed by atoms with Crippen molar-refractivity contribution in [2.24, 2.45) is 17.8 Å². The van der Waals surface area contributed by atoms with Gasteiger partial charge in [0.2, 0.25) is 0 Å². The number of halogens is 13. The molecular formula is C10H3F13. The molecule has 0 aromatic heterocycles. The van der Waals surface area contributed by atoms with E-state index < -0.39 is 59.0 Å². The molecule has 0 amide bonds. The van der Waals surface area contributed by atoms with Gasteiger partial charge in [0.25, 0.3) is 17.8 Å². The van der Waals surface area contributed by atoms with Gasteiger partial charge >= 0.3 is 23.4 Å². The van der Waals surface area contributed by atoms with E-state index in [1.807, 2.05) is 0 Å². The normalized spacial score (nSPS) is 49.2. The second-order valence-corrected chi connectivity index (χ2v) is 5.85. The van der Waals surface area contributed by atoms with Gasteiger partial charge in [-0.2, -0.15) is 0 Å². The van der Waals surface area contributed by atoms with Gasteiger partial charge in [-0.15, -0.1) is 0 Å². The van der Waals surface area contributed by atoms with E-state index in [0.717, 1.165) is 0 Å². The molecule has 13 heteroatoms. The fourth-order valence-electron chi connectivity index (χ4n) is 3.98. The molecule has 0 spiro atoms. The molecule has 23 heavy (non-hydrogen) atoms. The Morgan fingerprint density at radius 2 is 0.522 bits per heavy atom. The summed E-state index contributed by atoms with van der Waals surface area (Å²) in [5.74, 6) is -53.7. The summed E-state index contributed by atoms with van der Waals surface area (Å²) in [6.07, 6.45) is 0. The lowest BCUT2D eigenvalue weighted by atomic mass is 9.44. The predicted octanol–water partition coefficient (Wildman–Crippen LogP) is 4.40. The van der Waals surface area contributed by atoms with E-state index in [2.05, 4.69) is 0 Å². The van der Waals surface area contributed by atoms with Crippen LogP contribution in [-0.4, -0.2) is 41.2 Å². The van der Waals surface area contributed by atoms with E-state index in [-0.39, 0.29) is 0 Å². The van der Waals surface area contributed by atoms with Gasteiger partial charge in [0.15, 0.2) is 17.8 Å². The third kappa shape index (κ3) is 1.20. The summed E-state index contributed by atoms with van der Waals surface area (Å²) in [4.78, 5) is 0. The zero-order valence-electron chi connectivity index (χ0n) is 10.1. The minimum atomic E-state index is -6.66. The van der Waals surface area contributed by atoms with Gasteiger partial charge in [-0.05, 0) is 0 Å². The summed E-state index contributed by atoms with van der Waals surface area (Å²) < 4.78 is 177. The molecule has 0 saturated heterocycles. The second kappa shape index (κ2) is 3.39. The quantitative estimate of drug-likeness (QED) is 0.555. The first-order valence-electron chi connectivity index (χ1n) is 5.80. The van der Waals surface area contributed by atoms with Crippen LogP contribution in [0.3, 0.4) is 0 Å². The first kappa shape index (κ1) is 16.9. The third-order valence-electron chi connectivity index (χ3n) is 4.77. The van der Waals surface area contributed by atoms with Crippen LogP contribution in [0.5, 0.6) is 0 Å². The van der Waals surface area contributed by atoms with Crippen LogP contribution in [-0.2, 0) is 0 Å². The van der Waals surface area contributed by atoms with Crippen molar-refractivity contribution in [2.45, 2.75) is 41.2 Å². The van der Waals surface area contributed by atoms with E-state index in [9.17, 15) is 57.1 Å². The van der Waals surface area contributed by atoms with E-state index in [4.69, 9.17) is 0 Å². The van der Waals surface area contributed by atoms with E-state index >= 15 is 0 Å². The highest BCUT2D eigenvalue weighted by Crippen LogP contribution is 2.83. The first-order valence-corrected chi connectivity index (χ1v) is 5.80. The first-order chi connectivity index (χ1) is 9.85. The summed E-state index contributed by atoms with van der Waals surface area (Å²) in [5.41, 5.74) is -6.59. The molecule has 0 atom stereocenters. The van der Waals surface area contributed by atoms with Gasteiger partial charge in [0, 0.05) is 0 Å². The molecule has 4 aliphatic carbocycles. The molecule has 4 aliphatic rings. The summed E-state index contributed by atoms with van der Waals surface area (Å²) in [5, 5.41) is 0. The van der Waals surface area contributed by atoms with Crippen LogP contribution in [0.1, 0.15) is 0 Å². The van der Waals surface area contributed by atoms with Gasteiger partial charge in [0.1, 0.15) is 0 Å². The molecule has 0 aliphatic heterocycles. The Morgan fingerprint density at radius 3 is 0.696 bits per heavy atom. The van der Waals surface area contributed by atoms with Crippen LogP contribution < -0.4 is 0 Å². The Labute approximate surface area is 117 Å². The van der Waals surface area contributed by atoms with Crippen molar-refractivity contribution in [1.29, 1.82) is 0 Å². The van der Waals surface area contributed by atoms with Crippen molar-refractivity contribution in [3.8, 4) is 0 Å². The summed E-state index contributed by atoms with van der Waals surface area (Å²) in [7, 11) is 0. The van der Waals surface area contributed by atoms with Crippen LogP contribution in [0, 0.1) is 17.8 Å². The maximum absolute atomic E-state index is 14.0. The van der Waals surface area contributed by atoms with Crippen LogP contribution in [0.25, 0.3) is 0 Å². The Hall–Kier alpha value is -0.910. The average molecular weight is 370 g/mol. The number of rotatable bonds is 0. The second-order valence-electron chi connectivity index (χ2n) is 5.85. The smallest absolute Gasteiger partial charge is 0.224 e. The van der Waals surface area contributed by atoms with Gasteiger partial charge in [0.05, 0.1) is 0 Å². The van der Waals surface area contributed by atoms with Crippen molar-refractivity contribution in [1.82, 2.24) is 0 Å². The maximum Gasteiger partial charge on any atom is 0.307 e. The lowest BCUT2D eigenvalue weighted by Crippen LogP contribution is -2.95. The number of hydrogen-bond donors (Lipinski definition) is 0. The highest BCUT2D eigenvalue weighted by Gasteiger charge is 3.08. The van der Waals surface area contributed by atoms with Crippen molar-refractivity contribution in [3.05, 3.63) is 0 Å². The molecule has 4 fully saturated rings. The minimum absolute atomic E-state index is 5.04. The molecule has 4 rings (SSSR count). The molecule has 0 aromatic carbocycles. The van der Waals surface area contributed by atoms with Crippen molar-refractivity contribution in [2.75, 3.05) is 0 Å². The fourth-order valence-corrected chi connectivity index (χ4v) is 3.98. The molecule has 0 radical (unpaired) electrons. The van der Waals surface area contributed by atoms with Gasteiger partial charge < -0.3 is 0 Å². The van der Waals surface area contributed by atoms with Crippen LogP contribution in [0.4, 0.5) is 57.1 Å². The molecule has 0 N–H and O–H groups in total. The van der Waals surface area contributed by atoms with E-state index in [1.54, 1.807) is 0 Å². The molecular weight excluding hydrogens is 367 g/mol. The Balaban J connectivity index is 2.49. The summed E-state index contributed by atoms with van der Waals surface area (Å²) in [6.45, 7) is 0. The summed E-state index contributed by atoms with van der Waals surface area (Å²) in [6, 6.07) is 0. The highest BCUT2D eigenvalue weighted by molar-refractivity contribution is 5.38. The van der Waals surface area contributed by atoms with E-state index in [1.165, 1.54) is 0 Å². The van der Waals surface area contributed by atoms with Gasteiger partial charge in [-0.25, -0.2) is 57.1 Å². The zero-order valence-corrected chi connectivity index (χ0v) is 10.1. The van der Waals surface area contributed by atoms with Crippen LogP contribution in [0.2, 0.25) is 0 Å². The van der Waals surface area contributed by atoms with E-state index in [0.29, 0.717) is 0 Å². The van der Waals surface area contributed by atoms with Crippen molar-refractivity contribution >= 4 is 0 Å². The monoisotopic (exact) mass is 370 g/mol. The predicted molar refractivity (Wildman–Crippen MR) is 44.0 cm³/mol. The van der Waals surface area contributed by atoms with Gasteiger partial charge in [-0.1, -0.05) is 0 Å². The number of hydrogen-bond acceptors (Lipinski definition) is 0. The standard InChI is InChI=1S/C10H3F13/c11-4(12)1-5(13,14)3-6(15,16)2(4)8(19,20)10(23,7(1,17)18)9(3,21)22/h1-3H. The Bertz CT molecular complexity index is 478. The molecule has 0 aromatic rings. The molecule has 0 nitrogen and oxygen atoms in total. The topological polar surface area (TPSA) is 0 Å². The molecule has 0 heterocycles. The van der Waals surface area contributed by atoms with Crippen molar-refractivity contribution < 1.29 is 57.1 Å². The fraction of sp³-hybridized carbons (Fsp3) is 1.00. The Morgan fingerprint density at radius 1 is 0.348 bits per heavy atom. The molecule has 134 valence electrons.